The van der Waals surface area contributed by atoms with Gasteiger partial charge >= 0.3 is 0 Å². The number of nitrogen functional groups attached to an aromatic ring is 2. The van der Waals surface area contributed by atoms with Crippen LogP contribution in [0.25, 0.3) is 0 Å². The number of benzene rings is 1. The maximum atomic E-state index is 5.75. The van der Waals surface area contributed by atoms with Crippen LogP contribution in [0.15, 0.2) is 12.1 Å². The van der Waals surface area contributed by atoms with Gasteiger partial charge in [0, 0.05) is 0 Å². The van der Waals surface area contributed by atoms with E-state index in [4.69, 9.17) is 20.9 Å². The fraction of sp³-hybridized carbons (Fsp3) is 0.333. The first-order valence-electron chi connectivity index (χ1n) is 4.05. The largest absolute Gasteiger partial charge is 0.492 e. The van der Waals surface area contributed by atoms with Gasteiger partial charge in [-0.3, -0.25) is 0 Å². The lowest BCUT2D eigenvalue weighted by molar-refractivity contribution is 0.339. The topological polar surface area (TPSA) is 70.5 Å². The van der Waals surface area contributed by atoms with Gasteiger partial charge in [-0.25, -0.2) is 0 Å². The van der Waals surface area contributed by atoms with Crippen molar-refractivity contribution in [1.82, 2.24) is 0 Å². The molecule has 1 rings (SSSR count). The molecule has 4 N–H and O–H groups in total. The van der Waals surface area contributed by atoms with E-state index in [0.717, 1.165) is 0 Å². The van der Waals surface area contributed by atoms with Crippen LogP contribution >= 0.6 is 0 Å². The van der Waals surface area contributed by atoms with Crippen molar-refractivity contribution in [2.75, 3.05) is 25.2 Å². The lowest BCUT2D eigenvalue weighted by atomic mass is 10.2. The minimum atomic E-state index is 0.448. The number of hydrogen-bond acceptors (Lipinski definition) is 4. The van der Waals surface area contributed by atoms with Crippen LogP contribution in [0.1, 0.15) is 6.92 Å². The smallest absolute Gasteiger partial charge is 0.168 e. The van der Waals surface area contributed by atoms with Gasteiger partial charge in [0.1, 0.15) is 11.4 Å². The van der Waals surface area contributed by atoms with E-state index >= 15 is 0 Å². The monoisotopic (exact) mass is 182 g/mol. The van der Waals surface area contributed by atoms with Crippen molar-refractivity contribution in [3.63, 3.8) is 0 Å². The van der Waals surface area contributed by atoms with Crippen molar-refractivity contribution in [1.29, 1.82) is 0 Å². The predicted octanol–water partition coefficient (Wildman–Crippen LogP) is 1.26. The third-order valence-electron chi connectivity index (χ3n) is 1.69. The fourth-order valence-corrected chi connectivity index (χ4v) is 1.11. The predicted molar refractivity (Wildman–Crippen MR) is 53.0 cm³/mol. The van der Waals surface area contributed by atoms with E-state index in [1.165, 1.54) is 7.11 Å². The Kier molecular flexibility index (Phi) is 2.84. The molecule has 4 nitrogen and oxygen atoms in total. The van der Waals surface area contributed by atoms with Crippen LogP contribution in [-0.2, 0) is 0 Å². The first-order valence-corrected chi connectivity index (χ1v) is 4.05. The van der Waals surface area contributed by atoms with Gasteiger partial charge in [-0.05, 0) is 19.1 Å². The highest BCUT2D eigenvalue weighted by molar-refractivity contribution is 5.73. The molecule has 0 aliphatic rings. The first-order chi connectivity index (χ1) is 6.20. The van der Waals surface area contributed by atoms with E-state index in [0.29, 0.717) is 29.5 Å². The second-order valence-corrected chi connectivity index (χ2v) is 2.53. The van der Waals surface area contributed by atoms with Gasteiger partial charge in [-0.15, -0.1) is 0 Å². The average Bonchev–Trinajstić information content (AvgIpc) is 2.11. The second-order valence-electron chi connectivity index (χ2n) is 2.53. The minimum Gasteiger partial charge on any atom is -0.492 e. The third-order valence-corrected chi connectivity index (χ3v) is 1.69. The lowest BCUT2D eigenvalue weighted by Crippen LogP contribution is -2.01. The van der Waals surface area contributed by atoms with Crippen molar-refractivity contribution < 1.29 is 9.47 Å². The highest BCUT2D eigenvalue weighted by Crippen LogP contribution is 2.36. The zero-order valence-corrected chi connectivity index (χ0v) is 7.83. The zero-order chi connectivity index (χ0) is 9.84. The molecule has 4 heteroatoms. The summed E-state index contributed by atoms with van der Waals surface area (Å²) < 4.78 is 10.3. The zero-order valence-electron chi connectivity index (χ0n) is 7.83. The normalized spacial score (nSPS) is 9.69. The molecule has 0 spiro atoms. The Labute approximate surface area is 77.4 Å². The summed E-state index contributed by atoms with van der Waals surface area (Å²) in [6.45, 7) is 2.46. The van der Waals surface area contributed by atoms with Gasteiger partial charge in [-0.2, -0.15) is 0 Å². The summed E-state index contributed by atoms with van der Waals surface area (Å²) >= 11 is 0. The molecule has 13 heavy (non-hydrogen) atoms. The number of ether oxygens (including phenoxy) is 2. The molecule has 0 unspecified atom stereocenters. The number of methoxy groups -OCH3 is 1. The van der Waals surface area contributed by atoms with Crippen molar-refractivity contribution in [2.45, 2.75) is 6.92 Å². The summed E-state index contributed by atoms with van der Waals surface area (Å²) in [5, 5.41) is 0. The van der Waals surface area contributed by atoms with Crippen LogP contribution in [0.4, 0.5) is 11.4 Å². The Morgan fingerprint density at radius 2 is 2.00 bits per heavy atom. The SMILES string of the molecule is CCOc1ccc(N)c(OC)c1N. The van der Waals surface area contributed by atoms with Crippen molar-refractivity contribution in [3.05, 3.63) is 12.1 Å². The van der Waals surface area contributed by atoms with Crippen molar-refractivity contribution in [3.8, 4) is 11.5 Å². The molecule has 0 aromatic heterocycles. The van der Waals surface area contributed by atoms with Crippen LogP contribution in [0, 0.1) is 0 Å². The summed E-state index contributed by atoms with van der Waals surface area (Å²) in [6, 6.07) is 3.44. The van der Waals surface area contributed by atoms with Crippen LogP contribution < -0.4 is 20.9 Å². The van der Waals surface area contributed by atoms with E-state index in [1.54, 1.807) is 12.1 Å². The summed E-state index contributed by atoms with van der Waals surface area (Å²) in [4.78, 5) is 0. The molecule has 0 bridgehead atoms. The van der Waals surface area contributed by atoms with E-state index in [9.17, 15) is 0 Å². The van der Waals surface area contributed by atoms with Gasteiger partial charge < -0.3 is 20.9 Å². The van der Waals surface area contributed by atoms with E-state index in [2.05, 4.69) is 0 Å². The molecule has 1 aromatic carbocycles. The molecule has 72 valence electrons. The third kappa shape index (κ3) is 1.77. The van der Waals surface area contributed by atoms with Crippen molar-refractivity contribution in [2.24, 2.45) is 0 Å². The van der Waals surface area contributed by atoms with Crippen molar-refractivity contribution >= 4 is 11.4 Å². The Balaban J connectivity index is 3.11. The Hall–Kier alpha value is -1.58. The summed E-state index contributed by atoms with van der Waals surface area (Å²) in [5.74, 6) is 1.08. The quantitative estimate of drug-likeness (QED) is 0.690. The van der Waals surface area contributed by atoms with Gasteiger partial charge in [0.2, 0.25) is 0 Å². The average molecular weight is 182 g/mol. The molecule has 0 heterocycles. The summed E-state index contributed by atoms with van der Waals surface area (Å²) in [5.41, 5.74) is 12.4. The number of anilines is 2. The Bertz CT molecular complexity index is 300. The maximum absolute atomic E-state index is 5.75. The molecular formula is C9H14N2O2. The molecule has 0 aliphatic carbocycles. The maximum Gasteiger partial charge on any atom is 0.168 e. The van der Waals surface area contributed by atoms with Crippen LogP contribution in [0.2, 0.25) is 0 Å². The molecule has 0 saturated carbocycles. The second kappa shape index (κ2) is 3.89. The molecule has 0 aliphatic heterocycles. The molecule has 0 atom stereocenters. The highest BCUT2D eigenvalue weighted by Gasteiger charge is 2.09. The molecule has 0 fully saturated rings. The standard InChI is InChI=1S/C9H14N2O2/c1-3-13-7-5-4-6(10)9(12-2)8(7)11/h4-5H,3,10-11H2,1-2H3. The first kappa shape index (κ1) is 9.51. The van der Waals surface area contributed by atoms with Crippen LogP contribution in [-0.4, -0.2) is 13.7 Å². The number of hydrogen-bond donors (Lipinski definition) is 2. The van der Waals surface area contributed by atoms with Crippen LogP contribution in [0.5, 0.6) is 11.5 Å². The molecule has 0 amide bonds. The van der Waals surface area contributed by atoms with E-state index < -0.39 is 0 Å². The van der Waals surface area contributed by atoms with Gasteiger partial charge in [-0.1, -0.05) is 0 Å². The van der Waals surface area contributed by atoms with Crippen LogP contribution in [0.3, 0.4) is 0 Å². The fourth-order valence-electron chi connectivity index (χ4n) is 1.11. The highest BCUT2D eigenvalue weighted by atomic mass is 16.5. The molecule has 0 radical (unpaired) electrons. The molecular weight excluding hydrogens is 168 g/mol. The molecule has 1 aromatic rings. The van der Waals surface area contributed by atoms with E-state index in [-0.39, 0.29) is 0 Å². The molecule has 0 saturated heterocycles. The minimum absolute atomic E-state index is 0.448. The van der Waals surface area contributed by atoms with Gasteiger partial charge in [0.05, 0.1) is 19.4 Å². The Morgan fingerprint density at radius 1 is 1.31 bits per heavy atom. The van der Waals surface area contributed by atoms with Gasteiger partial charge in [0.15, 0.2) is 5.75 Å². The summed E-state index contributed by atoms with van der Waals surface area (Å²) in [7, 11) is 1.53. The lowest BCUT2D eigenvalue weighted by Gasteiger charge is -2.12. The van der Waals surface area contributed by atoms with E-state index in [1.807, 2.05) is 6.92 Å². The summed E-state index contributed by atoms with van der Waals surface area (Å²) in [6.07, 6.45) is 0. The number of rotatable bonds is 3. The Morgan fingerprint density at radius 3 is 2.54 bits per heavy atom. The van der Waals surface area contributed by atoms with Gasteiger partial charge in [0.25, 0.3) is 0 Å². The number of nitrogens with two attached hydrogens (primary N) is 2.